The van der Waals surface area contributed by atoms with E-state index < -0.39 is 11.4 Å². The van der Waals surface area contributed by atoms with Crippen LogP contribution in [-0.2, 0) is 14.3 Å². The van der Waals surface area contributed by atoms with Gasteiger partial charge in [-0.05, 0) is 20.3 Å². The molecule has 0 aromatic carbocycles. The van der Waals surface area contributed by atoms with Crippen molar-refractivity contribution >= 4 is 11.9 Å². The number of hydrogen-bond acceptors (Lipinski definition) is 4. The fourth-order valence-electron chi connectivity index (χ4n) is 0.975. The molecular weight excluding hydrogens is 196 g/mol. The van der Waals surface area contributed by atoms with Gasteiger partial charge in [0.1, 0.15) is 6.54 Å². The molecule has 0 aliphatic rings. The zero-order valence-electron chi connectivity index (χ0n) is 9.63. The molecule has 0 rings (SSSR count). The SMILES string of the molecule is CCOC(=O)CNC(=O)C(C)(CC)CN. The van der Waals surface area contributed by atoms with Crippen molar-refractivity contribution in [3.05, 3.63) is 0 Å². The number of esters is 1. The fourth-order valence-corrected chi connectivity index (χ4v) is 0.975. The molecule has 0 aromatic heterocycles. The van der Waals surface area contributed by atoms with Crippen molar-refractivity contribution in [1.82, 2.24) is 5.32 Å². The molecule has 0 aliphatic carbocycles. The summed E-state index contributed by atoms with van der Waals surface area (Å²) in [6.07, 6.45) is 0.637. The molecule has 0 saturated heterocycles. The van der Waals surface area contributed by atoms with Crippen molar-refractivity contribution in [3.8, 4) is 0 Å². The van der Waals surface area contributed by atoms with E-state index in [1.54, 1.807) is 13.8 Å². The molecule has 0 fully saturated rings. The van der Waals surface area contributed by atoms with Crippen LogP contribution >= 0.6 is 0 Å². The van der Waals surface area contributed by atoms with Crippen molar-refractivity contribution in [1.29, 1.82) is 0 Å². The van der Waals surface area contributed by atoms with E-state index in [1.807, 2.05) is 6.92 Å². The molecule has 1 atom stereocenters. The van der Waals surface area contributed by atoms with Crippen LogP contribution in [-0.4, -0.2) is 31.6 Å². The number of ether oxygens (including phenoxy) is 1. The maximum Gasteiger partial charge on any atom is 0.325 e. The summed E-state index contributed by atoms with van der Waals surface area (Å²) in [4.78, 5) is 22.6. The van der Waals surface area contributed by atoms with Crippen LogP contribution in [0.5, 0.6) is 0 Å². The minimum absolute atomic E-state index is 0.0950. The van der Waals surface area contributed by atoms with Gasteiger partial charge in [0.25, 0.3) is 0 Å². The highest BCUT2D eigenvalue weighted by molar-refractivity contribution is 5.86. The fraction of sp³-hybridized carbons (Fsp3) is 0.800. The highest BCUT2D eigenvalue weighted by Crippen LogP contribution is 2.18. The zero-order valence-corrected chi connectivity index (χ0v) is 9.63. The van der Waals surface area contributed by atoms with Crippen LogP contribution in [0, 0.1) is 5.41 Å². The summed E-state index contributed by atoms with van der Waals surface area (Å²) in [5.41, 5.74) is 4.90. The smallest absolute Gasteiger partial charge is 0.325 e. The molecule has 1 unspecified atom stereocenters. The molecule has 5 nitrogen and oxygen atoms in total. The van der Waals surface area contributed by atoms with Gasteiger partial charge in [-0.15, -0.1) is 0 Å². The van der Waals surface area contributed by atoms with E-state index in [2.05, 4.69) is 10.1 Å². The number of carbonyl (C=O) groups is 2. The van der Waals surface area contributed by atoms with Crippen LogP contribution in [0.1, 0.15) is 27.2 Å². The second-order valence-electron chi connectivity index (χ2n) is 3.61. The van der Waals surface area contributed by atoms with Crippen molar-refractivity contribution in [2.45, 2.75) is 27.2 Å². The van der Waals surface area contributed by atoms with Crippen molar-refractivity contribution in [2.24, 2.45) is 11.1 Å². The van der Waals surface area contributed by atoms with Gasteiger partial charge in [-0.25, -0.2) is 0 Å². The molecule has 0 spiro atoms. The van der Waals surface area contributed by atoms with Gasteiger partial charge in [0, 0.05) is 6.54 Å². The largest absolute Gasteiger partial charge is 0.465 e. The number of nitrogens with one attached hydrogen (secondary N) is 1. The molecule has 3 N–H and O–H groups in total. The summed E-state index contributed by atoms with van der Waals surface area (Å²) in [6, 6.07) is 0. The molecule has 1 amide bonds. The quantitative estimate of drug-likeness (QED) is 0.614. The Morgan fingerprint density at radius 1 is 1.40 bits per heavy atom. The maximum absolute atomic E-state index is 11.6. The Labute approximate surface area is 90.4 Å². The summed E-state index contributed by atoms with van der Waals surface area (Å²) in [5, 5.41) is 2.52. The van der Waals surface area contributed by atoms with E-state index in [-0.39, 0.29) is 19.0 Å². The molecule has 15 heavy (non-hydrogen) atoms. The standard InChI is InChI=1S/C10H20N2O3/c1-4-10(3,7-11)9(14)12-6-8(13)15-5-2/h4-7,11H2,1-3H3,(H,12,14). The number of nitrogens with two attached hydrogens (primary N) is 1. The number of carbonyl (C=O) groups excluding carboxylic acids is 2. The summed E-state index contributed by atoms with van der Waals surface area (Å²) in [7, 11) is 0. The van der Waals surface area contributed by atoms with E-state index in [0.717, 1.165) is 0 Å². The lowest BCUT2D eigenvalue weighted by atomic mass is 9.87. The van der Waals surface area contributed by atoms with Gasteiger partial charge >= 0.3 is 5.97 Å². The molecule has 5 heteroatoms. The van der Waals surface area contributed by atoms with Gasteiger partial charge in [0.05, 0.1) is 12.0 Å². The molecule has 0 heterocycles. The van der Waals surface area contributed by atoms with Crippen LogP contribution < -0.4 is 11.1 Å². The van der Waals surface area contributed by atoms with E-state index in [4.69, 9.17) is 5.73 Å². The molecule has 0 aromatic rings. The lowest BCUT2D eigenvalue weighted by Crippen LogP contribution is -2.45. The first-order valence-electron chi connectivity index (χ1n) is 5.14. The van der Waals surface area contributed by atoms with Crippen molar-refractivity contribution in [2.75, 3.05) is 19.7 Å². The minimum Gasteiger partial charge on any atom is -0.465 e. The Morgan fingerprint density at radius 2 is 2.00 bits per heavy atom. The Hall–Kier alpha value is -1.10. The summed E-state index contributed by atoms with van der Waals surface area (Å²) in [5.74, 6) is -0.637. The predicted molar refractivity (Wildman–Crippen MR) is 57.1 cm³/mol. The van der Waals surface area contributed by atoms with Crippen LogP contribution in [0.4, 0.5) is 0 Å². The van der Waals surface area contributed by atoms with Crippen LogP contribution in [0.2, 0.25) is 0 Å². The van der Waals surface area contributed by atoms with Gasteiger partial charge in [-0.1, -0.05) is 6.92 Å². The third-order valence-electron chi connectivity index (χ3n) is 2.48. The number of hydrogen-bond donors (Lipinski definition) is 2. The number of amides is 1. The average molecular weight is 216 g/mol. The zero-order chi connectivity index (χ0) is 11.9. The number of rotatable bonds is 6. The Bertz CT molecular complexity index is 225. The lowest BCUT2D eigenvalue weighted by molar-refractivity contribution is -0.144. The first-order chi connectivity index (χ1) is 7.00. The third-order valence-corrected chi connectivity index (χ3v) is 2.48. The monoisotopic (exact) mass is 216 g/mol. The van der Waals surface area contributed by atoms with E-state index in [1.165, 1.54) is 0 Å². The topological polar surface area (TPSA) is 81.4 Å². The Morgan fingerprint density at radius 3 is 2.40 bits per heavy atom. The predicted octanol–water partition coefficient (Wildman–Crippen LogP) is 0.0407. The van der Waals surface area contributed by atoms with Gasteiger partial charge in [-0.2, -0.15) is 0 Å². The van der Waals surface area contributed by atoms with E-state index in [9.17, 15) is 9.59 Å². The van der Waals surface area contributed by atoms with Crippen LogP contribution in [0.15, 0.2) is 0 Å². The third kappa shape index (κ3) is 4.29. The summed E-state index contributed by atoms with van der Waals surface area (Å²) >= 11 is 0. The molecule has 0 saturated carbocycles. The van der Waals surface area contributed by atoms with Gasteiger partial charge in [0.15, 0.2) is 0 Å². The molecule has 0 radical (unpaired) electrons. The van der Waals surface area contributed by atoms with Crippen LogP contribution in [0.3, 0.4) is 0 Å². The molecule has 0 bridgehead atoms. The van der Waals surface area contributed by atoms with Crippen molar-refractivity contribution in [3.63, 3.8) is 0 Å². The minimum atomic E-state index is -0.605. The molecular formula is C10H20N2O3. The van der Waals surface area contributed by atoms with E-state index in [0.29, 0.717) is 13.0 Å². The highest BCUT2D eigenvalue weighted by atomic mass is 16.5. The van der Waals surface area contributed by atoms with Gasteiger partial charge in [0.2, 0.25) is 5.91 Å². The van der Waals surface area contributed by atoms with E-state index >= 15 is 0 Å². The normalized spacial score (nSPS) is 14.1. The second-order valence-corrected chi connectivity index (χ2v) is 3.61. The first-order valence-corrected chi connectivity index (χ1v) is 5.14. The first kappa shape index (κ1) is 13.9. The summed E-state index contributed by atoms with van der Waals surface area (Å²) < 4.78 is 4.69. The molecule has 0 aliphatic heterocycles. The summed E-state index contributed by atoms with van der Waals surface area (Å²) in [6.45, 7) is 5.86. The van der Waals surface area contributed by atoms with Crippen LogP contribution in [0.25, 0.3) is 0 Å². The molecule has 88 valence electrons. The average Bonchev–Trinajstić information content (AvgIpc) is 2.25. The Kier molecular flexibility index (Phi) is 5.93. The van der Waals surface area contributed by atoms with Crippen molar-refractivity contribution < 1.29 is 14.3 Å². The Balaban J connectivity index is 4.08. The maximum atomic E-state index is 11.6. The highest BCUT2D eigenvalue weighted by Gasteiger charge is 2.29. The van der Waals surface area contributed by atoms with Gasteiger partial charge < -0.3 is 15.8 Å². The lowest BCUT2D eigenvalue weighted by Gasteiger charge is -2.24. The second kappa shape index (κ2) is 6.40. The van der Waals surface area contributed by atoms with Gasteiger partial charge in [-0.3, -0.25) is 9.59 Å².